The van der Waals surface area contributed by atoms with Crippen molar-refractivity contribution in [3.63, 3.8) is 0 Å². The molecule has 1 N–H and O–H groups in total. The van der Waals surface area contributed by atoms with Gasteiger partial charge in [0.25, 0.3) is 5.56 Å². The van der Waals surface area contributed by atoms with Crippen LogP contribution in [0.5, 0.6) is 0 Å². The first kappa shape index (κ1) is 22.5. The number of benzene rings is 2. The highest BCUT2D eigenvalue weighted by Gasteiger charge is 2.22. The molecule has 5 nitrogen and oxygen atoms in total. The van der Waals surface area contributed by atoms with Crippen molar-refractivity contribution in [2.75, 3.05) is 5.32 Å². The average molecular weight is 459 g/mol. The third-order valence-electron chi connectivity index (χ3n) is 7.19. The lowest BCUT2D eigenvalue weighted by Gasteiger charge is -2.21. The number of hydrogen-bond acceptors (Lipinski definition) is 3. The molecule has 34 heavy (non-hydrogen) atoms. The van der Waals surface area contributed by atoms with E-state index in [-0.39, 0.29) is 8.41 Å². The molecule has 5 heteroatoms. The van der Waals surface area contributed by atoms with Crippen LogP contribution in [0.15, 0.2) is 77.7 Å². The zero-order chi connectivity index (χ0) is 23.3. The van der Waals surface area contributed by atoms with Gasteiger partial charge >= 0.3 is 0 Å². The van der Waals surface area contributed by atoms with Crippen molar-refractivity contribution in [1.29, 1.82) is 0 Å². The number of fused-ring (bicyclic) bond motifs is 1. The number of aromatic nitrogens is 3. The third-order valence-corrected chi connectivity index (χ3v) is 7.19. The van der Waals surface area contributed by atoms with Crippen molar-refractivity contribution in [3.05, 3.63) is 94.4 Å². The van der Waals surface area contributed by atoms with Gasteiger partial charge in [-0.3, -0.25) is 4.79 Å². The molecule has 0 spiro atoms. The molecule has 1 aliphatic rings. The number of nitrogens with one attached hydrogen (secondary N) is 1. The van der Waals surface area contributed by atoms with Gasteiger partial charge in [0.15, 0.2) is 0 Å². The summed E-state index contributed by atoms with van der Waals surface area (Å²) in [5.41, 5.74) is 3.71. The molecule has 180 valence electrons. The van der Waals surface area contributed by atoms with E-state index in [4.69, 9.17) is 4.98 Å². The highest BCUT2D eigenvalue weighted by atomic mass is 16.1. The van der Waals surface area contributed by atoms with Crippen LogP contribution in [-0.2, 0) is 13.1 Å². The Balaban J connectivity index is 0.00000180. The molecule has 1 aliphatic carbocycles. The molecule has 2 aromatic heterocycles. The summed E-state index contributed by atoms with van der Waals surface area (Å²) in [5, 5.41) is 3.76. The van der Waals surface area contributed by atoms with Crippen molar-refractivity contribution in [2.45, 2.75) is 64.6 Å². The molecule has 1 fully saturated rings. The maximum atomic E-state index is 13.7. The predicted octanol–water partition coefficient (Wildman–Crippen LogP) is 6.56. The molecular formula is C29H38N4O. The topological polar surface area (TPSA) is 51.9 Å². The first-order chi connectivity index (χ1) is 16.7. The molecule has 2 aromatic carbocycles. The minimum absolute atomic E-state index is 0. The number of nitrogens with zero attached hydrogens (tertiary/aromatic N) is 3. The smallest absolute Gasteiger partial charge is 0.277 e. The summed E-state index contributed by atoms with van der Waals surface area (Å²) in [7, 11) is 0. The molecule has 5 rings (SSSR count). The van der Waals surface area contributed by atoms with Gasteiger partial charge in [-0.25, -0.2) is 4.98 Å². The van der Waals surface area contributed by atoms with E-state index in [1.54, 1.807) is 4.57 Å². The van der Waals surface area contributed by atoms with Gasteiger partial charge in [-0.05, 0) is 36.0 Å². The first-order valence-corrected chi connectivity index (χ1v) is 12.7. The molecule has 2 heterocycles. The van der Waals surface area contributed by atoms with Gasteiger partial charge in [0.05, 0.1) is 18.6 Å². The Morgan fingerprint density at radius 2 is 1.62 bits per heavy atom. The lowest BCUT2D eigenvalue weighted by molar-refractivity contribution is 0.430. The molecule has 0 radical (unpaired) electrons. The Bertz CT molecular complexity index is 1290. The second-order valence-electron chi connectivity index (χ2n) is 9.61. The summed E-state index contributed by atoms with van der Waals surface area (Å²) in [4.78, 5) is 18.6. The molecule has 4 aromatic rings. The standard InChI is InChI=1S/C29H34N4O.2H2/c1-2-22-11-9-10-16-25(19-22)30-29-31-26-17-18-32(20-23-12-5-3-6-13-23)28(34)27(26)33(29)21-24-14-7-4-8-15-24;;/h3-8,12-15,17-18,22,25H,2,9-11,16,19-21H2,1H3,(H,30,31);2*1H. The molecule has 2 unspecified atom stereocenters. The number of pyridine rings is 1. The molecule has 2 atom stereocenters. The van der Waals surface area contributed by atoms with Crippen molar-refractivity contribution < 1.29 is 2.85 Å². The first-order valence-electron chi connectivity index (χ1n) is 12.7. The molecular weight excluding hydrogens is 420 g/mol. The Morgan fingerprint density at radius 3 is 2.32 bits per heavy atom. The van der Waals surface area contributed by atoms with Crippen molar-refractivity contribution in [2.24, 2.45) is 5.92 Å². The molecule has 1 saturated carbocycles. The Labute approximate surface area is 204 Å². The molecule has 0 saturated heterocycles. The van der Waals surface area contributed by atoms with Gasteiger partial charge < -0.3 is 14.5 Å². The largest absolute Gasteiger partial charge is 0.353 e. The molecule has 0 aliphatic heterocycles. The van der Waals surface area contributed by atoms with Crippen LogP contribution in [0.1, 0.15) is 59.4 Å². The number of hydrogen-bond donors (Lipinski definition) is 1. The van der Waals surface area contributed by atoms with Crippen LogP contribution < -0.4 is 10.9 Å². The van der Waals surface area contributed by atoms with Gasteiger partial charge in [0.1, 0.15) is 5.52 Å². The fourth-order valence-corrected chi connectivity index (χ4v) is 5.26. The van der Waals surface area contributed by atoms with E-state index >= 15 is 0 Å². The molecule has 0 bridgehead atoms. The van der Waals surface area contributed by atoms with Crippen LogP contribution in [0.2, 0.25) is 0 Å². The van der Waals surface area contributed by atoms with Crippen LogP contribution in [0.25, 0.3) is 11.0 Å². The second kappa shape index (κ2) is 10.3. The third kappa shape index (κ3) is 4.93. The normalized spacial score (nSPS) is 18.6. The van der Waals surface area contributed by atoms with Gasteiger partial charge in [-0.15, -0.1) is 0 Å². The lowest BCUT2D eigenvalue weighted by Crippen LogP contribution is -2.25. The monoisotopic (exact) mass is 458 g/mol. The summed E-state index contributed by atoms with van der Waals surface area (Å²) in [6.45, 7) is 3.47. The van der Waals surface area contributed by atoms with Gasteiger partial charge in [-0.2, -0.15) is 0 Å². The minimum atomic E-state index is 0. The maximum absolute atomic E-state index is 13.7. The number of imidazole rings is 1. The lowest BCUT2D eigenvalue weighted by atomic mass is 9.96. The van der Waals surface area contributed by atoms with E-state index in [0.29, 0.717) is 24.6 Å². The van der Waals surface area contributed by atoms with Crippen LogP contribution in [0.4, 0.5) is 5.95 Å². The predicted molar refractivity (Wildman–Crippen MR) is 144 cm³/mol. The summed E-state index contributed by atoms with van der Waals surface area (Å²) >= 11 is 0. The van der Waals surface area contributed by atoms with Crippen LogP contribution in [0.3, 0.4) is 0 Å². The van der Waals surface area contributed by atoms with Crippen LogP contribution in [0, 0.1) is 5.92 Å². The fourth-order valence-electron chi connectivity index (χ4n) is 5.26. The second-order valence-corrected chi connectivity index (χ2v) is 9.61. The van der Waals surface area contributed by atoms with Crippen LogP contribution >= 0.6 is 0 Å². The average Bonchev–Trinajstić information content (AvgIpc) is 3.04. The zero-order valence-electron chi connectivity index (χ0n) is 20.0. The van der Waals surface area contributed by atoms with Crippen LogP contribution in [-0.4, -0.2) is 20.2 Å². The minimum Gasteiger partial charge on any atom is -0.353 e. The Hall–Kier alpha value is -3.34. The van der Waals surface area contributed by atoms with E-state index < -0.39 is 0 Å². The summed E-state index contributed by atoms with van der Waals surface area (Å²) in [5.74, 6) is 1.57. The summed E-state index contributed by atoms with van der Waals surface area (Å²) in [6, 6.07) is 22.9. The van der Waals surface area contributed by atoms with Crippen molar-refractivity contribution >= 4 is 17.0 Å². The fraction of sp³-hybridized carbons (Fsp3) is 0.379. The van der Waals surface area contributed by atoms with Crippen molar-refractivity contribution in [3.8, 4) is 0 Å². The van der Waals surface area contributed by atoms with Crippen molar-refractivity contribution in [1.82, 2.24) is 14.1 Å². The zero-order valence-corrected chi connectivity index (χ0v) is 20.0. The highest BCUT2D eigenvalue weighted by molar-refractivity contribution is 5.78. The Kier molecular flexibility index (Phi) is 6.79. The van der Waals surface area contributed by atoms with E-state index in [1.807, 2.05) is 48.7 Å². The Morgan fingerprint density at radius 1 is 0.941 bits per heavy atom. The number of rotatable bonds is 7. The van der Waals surface area contributed by atoms with Gasteiger partial charge in [0, 0.05) is 15.1 Å². The highest BCUT2D eigenvalue weighted by Crippen LogP contribution is 2.28. The summed E-state index contributed by atoms with van der Waals surface area (Å²) in [6.07, 6.45) is 9.30. The maximum Gasteiger partial charge on any atom is 0.277 e. The van der Waals surface area contributed by atoms with E-state index in [1.165, 1.54) is 32.1 Å². The molecule has 0 amide bonds. The van der Waals surface area contributed by atoms with Gasteiger partial charge in [-0.1, -0.05) is 93.3 Å². The van der Waals surface area contributed by atoms with E-state index in [2.05, 4.69) is 41.1 Å². The van der Waals surface area contributed by atoms with E-state index in [9.17, 15) is 4.79 Å². The SMILES string of the molecule is CCC1CCCCC(Nc2nc3ccn(Cc4ccccc4)c(=O)c3n2Cc2ccccc2)C1.[HH].[HH]. The summed E-state index contributed by atoms with van der Waals surface area (Å²) < 4.78 is 3.89. The number of anilines is 1. The van der Waals surface area contributed by atoms with Gasteiger partial charge in [0.2, 0.25) is 5.95 Å². The van der Waals surface area contributed by atoms with E-state index in [0.717, 1.165) is 34.9 Å². The quantitative estimate of drug-likeness (QED) is 0.319.